The number of benzene rings is 3. The van der Waals surface area contributed by atoms with E-state index in [1.165, 1.54) is 28.0 Å². The first kappa shape index (κ1) is 22.5. The maximum atomic E-state index is 13.8. The molecule has 0 saturated carbocycles. The fraction of sp³-hybridized carbons (Fsp3) is 0.192. The maximum Gasteiger partial charge on any atom is 0.251 e. The Morgan fingerprint density at radius 3 is 2.72 bits per heavy atom. The highest BCUT2D eigenvalue weighted by Crippen LogP contribution is 2.39. The topological polar surface area (TPSA) is 38.3 Å². The minimum atomic E-state index is -0.326. The van der Waals surface area contributed by atoms with Gasteiger partial charge in [0.05, 0.1) is 6.61 Å². The van der Waals surface area contributed by atoms with Gasteiger partial charge in [-0.15, -0.1) is 11.3 Å². The molecule has 3 nitrogen and oxygen atoms in total. The number of hydrogen-bond acceptors (Lipinski definition) is 3. The summed E-state index contributed by atoms with van der Waals surface area (Å²) in [6.07, 6.45) is 0.615. The van der Waals surface area contributed by atoms with Crippen LogP contribution in [0, 0.1) is 12.7 Å². The average molecular weight is 468 g/mol. The molecular weight excluding hydrogens is 445 g/mol. The van der Waals surface area contributed by atoms with E-state index < -0.39 is 0 Å². The van der Waals surface area contributed by atoms with Gasteiger partial charge in [-0.2, -0.15) is 0 Å². The number of nitrogens with one attached hydrogen (secondary N) is 1. The lowest BCUT2D eigenvalue weighted by Gasteiger charge is -2.08. The van der Waals surface area contributed by atoms with Crippen molar-refractivity contribution in [2.75, 3.05) is 20.3 Å². The van der Waals surface area contributed by atoms with Gasteiger partial charge in [0.1, 0.15) is 5.82 Å². The summed E-state index contributed by atoms with van der Waals surface area (Å²) < 4.78 is 20.0. The molecule has 0 aliphatic rings. The largest absolute Gasteiger partial charge is 0.383 e. The minimum Gasteiger partial charge on any atom is -0.383 e. The minimum absolute atomic E-state index is 0.123. The number of ether oxygens (including phenoxy) is 1. The Hall–Kier alpha value is -2.73. The molecule has 0 saturated heterocycles. The lowest BCUT2D eigenvalue weighted by molar-refractivity contribution is 0.0937. The molecule has 4 rings (SSSR count). The highest BCUT2D eigenvalue weighted by Gasteiger charge is 2.15. The number of carbonyl (C=O) groups is 1. The molecule has 1 N–H and O–H groups in total. The molecular formula is C26H23ClFNO2S. The van der Waals surface area contributed by atoms with E-state index in [0.29, 0.717) is 30.2 Å². The summed E-state index contributed by atoms with van der Waals surface area (Å²) in [6, 6.07) is 18.5. The standard InChI is InChI=1S/C26H23ClFNO2S/c1-16-22-7-4-8-23(18-5-3-6-19(14-18)26(30)29-9-10-31-2)25(22)32-24(16)13-17-11-20(27)15-21(28)12-17/h3-8,11-12,14-15H,9-10,13H2,1-2H3,(H,29,30). The number of halogens is 2. The summed E-state index contributed by atoms with van der Waals surface area (Å²) >= 11 is 7.74. The van der Waals surface area contributed by atoms with Gasteiger partial charge >= 0.3 is 0 Å². The monoisotopic (exact) mass is 467 g/mol. The van der Waals surface area contributed by atoms with Gasteiger partial charge in [-0.3, -0.25) is 4.79 Å². The van der Waals surface area contributed by atoms with E-state index in [0.717, 1.165) is 21.4 Å². The van der Waals surface area contributed by atoms with Gasteiger partial charge < -0.3 is 10.1 Å². The van der Waals surface area contributed by atoms with E-state index in [2.05, 4.69) is 24.4 Å². The second kappa shape index (κ2) is 9.82. The molecule has 6 heteroatoms. The average Bonchev–Trinajstić information content (AvgIpc) is 3.08. The highest BCUT2D eigenvalue weighted by atomic mass is 35.5. The summed E-state index contributed by atoms with van der Waals surface area (Å²) in [5.74, 6) is -0.449. The molecule has 4 aromatic rings. The molecule has 1 aromatic heterocycles. The SMILES string of the molecule is COCCNC(=O)c1cccc(-c2cccc3c(C)c(Cc4cc(F)cc(Cl)c4)sc23)c1. The molecule has 1 amide bonds. The number of methoxy groups -OCH3 is 1. The third kappa shape index (κ3) is 4.85. The van der Waals surface area contributed by atoms with Crippen molar-refractivity contribution in [1.82, 2.24) is 5.32 Å². The van der Waals surface area contributed by atoms with Crippen LogP contribution in [0.1, 0.15) is 26.4 Å². The number of rotatable bonds is 7. The van der Waals surface area contributed by atoms with Gasteiger partial charge in [0, 0.05) is 40.2 Å². The predicted molar refractivity (Wildman–Crippen MR) is 130 cm³/mol. The molecule has 1 heterocycles. The van der Waals surface area contributed by atoms with Crippen molar-refractivity contribution in [3.8, 4) is 11.1 Å². The number of aryl methyl sites for hydroxylation is 1. The Morgan fingerprint density at radius 1 is 1.12 bits per heavy atom. The van der Waals surface area contributed by atoms with Crippen LogP contribution < -0.4 is 5.32 Å². The summed E-state index contributed by atoms with van der Waals surface area (Å²) in [5, 5.41) is 4.43. The molecule has 0 radical (unpaired) electrons. The van der Waals surface area contributed by atoms with Crippen molar-refractivity contribution in [1.29, 1.82) is 0 Å². The van der Waals surface area contributed by atoms with Crippen molar-refractivity contribution in [2.24, 2.45) is 0 Å². The molecule has 32 heavy (non-hydrogen) atoms. The molecule has 0 atom stereocenters. The van der Waals surface area contributed by atoms with Crippen LogP contribution in [0.4, 0.5) is 4.39 Å². The molecule has 0 bridgehead atoms. The van der Waals surface area contributed by atoms with Gasteiger partial charge in [0.25, 0.3) is 5.91 Å². The van der Waals surface area contributed by atoms with Crippen molar-refractivity contribution in [3.05, 3.63) is 93.1 Å². The van der Waals surface area contributed by atoms with Crippen molar-refractivity contribution in [2.45, 2.75) is 13.3 Å². The quantitative estimate of drug-likeness (QED) is 0.309. The van der Waals surface area contributed by atoms with E-state index in [4.69, 9.17) is 16.3 Å². The fourth-order valence-corrected chi connectivity index (χ4v) is 5.40. The summed E-state index contributed by atoms with van der Waals surface area (Å²) in [4.78, 5) is 13.6. The Labute approximate surface area is 195 Å². The van der Waals surface area contributed by atoms with Gasteiger partial charge in [0.15, 0.2) is 0 Å². The zero-order valence-electron chi connectivity index (χ0n) is 17.9. The van der Waals surface area contributed by atoms with E-state index in [1.54, 1.807) is 24.5 Å². The van der Waals surface area contributed by atoms with Crippen molar-refractivity contribution in [3.63, 3.8) is 0 Å². The summed E-state index contributed by atoms with van der Waals surface area (Å²) in [5.41, 5.74) is 4.70. The summed E-state index contributed by atoms with van der Waals surface area (Å²) in [6.45, 7) is 3.03. The fourth-order valence-electron chi connectivity index (χ4n) is 3.78. The first-order valence-corrected chi connectivity index (χ1v) is 11.5. The zero-order chi connectivity index (χ0) is 22.7. The van der Waals surface area contributed by atoms with Crippen LogP contribution in [0.5, 0.6) is 0 Å². The number of hydrogen-bond donors (Lipinski definition) is 1. The van der Waals surface area contributed by atoms with Gasteiger partial charge in [-0.05, 0) is 64.9 Å². The van der Waals surface area contributed by atoms with E-state index in [1.807, 2.05) is 30.3 Å². The second-order valence-corrected chi connectivity index (χ2v) is 9.16. The number of amides is 1. The normalized spacial score (nSPS) is 11.1. The third-order valence-corrected chi connectivity index (χ3v) is 6.94. The van der Waals surface area contributed by atoms with Crippen LogP contribution in [0.3, 0.4) is 0 Å². The first-order valence-electron chi connectivity index (χ1n) is 10.3. The molecule has 0 aliphatic carbocycles. The van der Waals surface area contributed by atoms with Crippen molar-refractivity contribution < 1.29 is 13.9 Å². The van der Waals surface area contributed by atoms with Gasteiger partial charge in [-0.25, -0.2) is 4.39 Å². The smallest absolute Gasteiger partial charge is 0.251 e. The molecule has 164 valence electrons. The third-order valence-electron chi connectivity index (χ3n) is 5.38. The van der Waals surface area contributed by atoms with Crippen LogP contribution in [0.15, 0.2) is 60.7 Å². The van der Waals surface area contributed by atoms with Crippen LogP contribution in [-0.4, -0.2) is 26.2 Å². The molecule has 0 aliphatic heterocycles. The van der Waals surface area contributed by atoms with Crippen LogP contribution in [-0.2, 0) is 11.2 Å². The van der Waals surface area contributed by atoms with Crippen LogP contribution >= 0.6 is 22.9 Å². The van der Waals surface area contributed by atoms with Crippen molar-refractivity contribution >= 4 is 38.9 Å². The summed E-state index contributed by atoms with van der Waals surface area (Å²) in [7, 11) is 1.60. The van der Waals surface area contributed by atoms with Gasteiger partial charge in [0.2, 0.25) is 0 Å². The lowest BCUT2D eigenvalue weighted by Crippen LogP contribution is -2.26. The molecule has 0 unspecified atom stereocenters. The zero-order valence-corrected chi connectivity index (χ0v) is 19.4. The molecule has 3 aromatic carbocycles. The predicted octanol–water partition coefficient (Wildman–Crippen LogP) is 6.64. The molecule has 0 fully saturated rings. The van der Waals surface area contributed by atoms with E-state index >= 15 is 0 Å². The maximum absolute atomic E-state index is 13.8. The second-order valence-electron chi connectivity index (χ2n) is 7.62. The highest BCUT2D eigenvalue weighted by molar-refractivity contribution is 7.19. The Kier molecular flexibility index (Phi) is 6.89. The lowest BCUT2D eigenvalue weighted by atomic mass is 9.99. The molecule has 0 spiro atoms. The number of carbonyl (C=O) groups excluding carboxylic acids is 1. The number of fused-ring (bicyclic) bond motifs is 1. The van der Waals surface area contributed by atoms with Crippen LogP contribution in [0.2, 0.25) is 5.02 Å². The Bertz CT molecular complexity index is 1260. The van der Waals surface area contributed by atoms with Gasteiger partial charge in [-0.1, -0.05) is 41.9 Å². The van der Waals surface area contributed by atoms with E-state index in [-0.39, 0.29) is 11.7 Å². The first-order chi connectivity index (χ1) is 15.5. The van der Waals surface area contributed by atoms with E-state index in [9.17, 15) is 9.18 Å². The Balaban J connectivity index is 1.69. The van der Waals surface area contributed by atoms with Crippen LogP contribution in [0.25, 0.3) is 21.2 Å². The Morgan fingerprint density at radius 2 is 1.94 bits per heavy atom. The number of thiophene rings is 1.